The first kappa shape index (κ1) is 21.9. The molecule has 168 valence electrons. The average molecular weight is 436 g/mol. The van der Waals surface area contributed by atoms with E-state index in [2.05, 4.69) is 4.90 Å². The number of pyridine rings is 1. The lowest BCUT2D eigenvalue weighted by Crippen LogP contribution is -2.36. The molecular weight excluding hydrogens is 409 g/mol. The van der Waals surface area contributed by atoms with Crippen molar-refractivity contribution in [2.45, 2.75) is 57.3 Å². The van der Waals surface area contributed by atoms with Crippen LogP contribution in [-0.2, 0) is 11.3 Å². The molecule has 1 saturated carbocycles. The molecule has 0 amide bonds. The molecule has 0 bridgehead atoms. The summed E-state index contributed by atoms with van der Waals surface area (Å²) < 4.78 is 44.4. The van der Waals surface area contributed by atoms with Crippen molar-refractivity contribution in [1.29, 1.82) is 0 Å². The summed E-state index contributed by atoms with van der Waals surface area (Å²) in [5.41, 5.74) is 1.77. The summed E-state index contributed by atoms with van der Waals surface area (Å²) in [6.45, 7) is 2.18. The number of carboxylic acids is 1. The highest BCUT2D eigenvalue weighted by Gasteiger charge is 2.41. The van der Waals surface area contributed by atoms with E-state index in [9.17, 15) is 18.0 Å². The predicted molar refractivity (Wildman–Crippen MR) is 110 cm³/mol. The number of nitrogens with zero attached hydrogens (tertiary/aromatic N) is 2. The van der Waals surface area contributed by atoms with Crippen molar-refractivity contribution in [2.75, 3.05) is 13.1 Å². The first-order valence-corrected chi connectivity index (χ1v) is 10.9. The van der Waals surface area contributed by atoms with Crippen LogP contribution in [0.2, 0.25) is 0 Å². The third-order valence-corrected chi connectivity index (χ3v) is 6.48. The predicted octanol–water partition coefficient (Wildman–Crippen LogP) is 5.03. The lowest BCUT2D eigenvalue weighted by Gasteiger charge is -2.30. The number of aliphatic carboxylic acids is 1. The van der Waals surface area contributed by atoms with Crippen LogP contribution < -0.4 is 4.74 Å². The van der Waals surface area contributed by atoms with Gasteiger partial charge in [-0.05, 0) is 75.9 Å². The molecule has 2 aromatic rings. The summed E-state index contributed by atoms with van der Waals surface area (Å²) in [6.07, 6.45) is -1.90. The number of carboxylic acid groups (broad SMARTS) is 1. The molecule has 2 aliphatic rings. The van der Waals surface area contributed by atoms with E-state index in [4.69, 9.17) is 14.8 Å². The Balaban J connectivity index is 1.34. The van der Waals surface area contributed by atoms with E-state index in [0.717, 1.165) is 29.7 Å². The highest BCUT2D eigenvalue weighted by Crippen LogP contribution is 2.38. The number of carbonyl (C=O) groups is 1. The molecule has 4 rings (SSSR count). The van der Waals surface area contributed by atoms with Crippen molar-refractivity contribution in [1.82, 2.24) is 9.88 Å². The van der Waals surface area contributed by atoms with Gasteiger partial charge in [-0.15, -0.1) is 0 Å². The van der Waals surface area contributed by atoms with Crippen LogP contribution in [0.5, 0.6) is 5.75 Å². The third kappa shape index (κ3) is 5.47. The normalized spacial score (nSPS) is 23.7. The molecule has 2 fully saturated rings. The Bertz CT molecular complexity index is 918. The van der Waals surface area contributed by atoms with Gasteiger partial charge in [-0.2, -0.15) is 13.2 Å². The number of alkyl halides is 3. The lowest BCUT2D eigenvalue weighted by molar-refractivity contribution is -0.185. The first-order chi connectivity index (χ1) is 14.8. The standard InChI is InChI=1S/C23H27F3N2O3/c24-23(25,26)17-2-5-19(6-3-17)31-20-7-8-21-16(13-20)1-4-18(27-21)14-28-11-9-15(10-12-28)22(29)30/h1,4,7-8,13,15,17,19H,2-3,5-6,9-12,14H2,(H,29,30). The molecule has 8 heteroatoms. The first-order valence-electron chi connectivity index (χ1n) is 10.9. The fourth-order valence-electron chi connectivity index (χ4n) is 4.57. The molecule has 0 radical (unpaired) electrons. The molecule has 1 aliphatic heterocycles. The number of halogens is 3. The number of ether oxygens (including phenoxy) is 1. The van der Waals surface area contributed by atoms with Crippen LogP contribution in [0.3, 0.4) is 0 Å². The Morgan fingerprint density at radius 1 is 1.06 bits per heavy atom. The number of fused-ring (bicyclic) bond motifs is 1. The van der Waals surface area contributed by atoms with E-state index in [1.807, 2.05) is 30.3 Å². The minimum absolute atomic E-state index is 0.121. The van der Waals surface area contributed by atoms with E-state index in [-0.39, 0.29) is 24.9 Å². The van der Waals surface area contributed by atoms with Gasteiger partial charge in [0.2, 0.25) is 0 Å². The van der Waals surface area contributed by atoms with Crippen LogP contribution in [0.1, 0.15) is 44.2 Å². The molecular formula is C23H27F3N2O3. The number of rotatable bonds is 5. The zero-order chi connectivity index (χ0) is 22.0. The van der Waals surface area contributed by atoms with Gasteiger partial charge in [-0.25, -0.2) is 0 Å². The summed E-state index contributed by atoms with van der Waals surface area (Å²) in [4.78, 5) is 18.0. The van der Waals surface area contributed by atoms with E-state index < -0.39 is 18.1 Å². The highest BCUT2D eigenvalue weighted by molar-refractivity contribution is 5.80. The minimum Gasteiger partial charge on any atom is -0.490 e. The Hall–Kier alpha value is -2.35. The van der Waals surface area contributed by atoms with Gasteiger partial charge in [0.05, 0.1) is 29.2 Å². The third-order valence-electron chi connectivity index (χ3n) is 6.48. The summed E-state index contributed by atoms with van der Waals surface area (Å²) in [7, 11) is 0. The van der Waals surface area contributed by atoms with Crippen molar-refractivity contribution in [3.05, 3.63) is 36.0 Å². The summed E-state index contributed by atoms with van der Waals surface area (Å²) >= 11 is 0. The number of benzene rings is 1. The van der Waals surface area contributed by atoms with Gasteiger partial charge in [0, 0.05) is 11.9 Å². The molecule has 0 unspecified atom stereocenters. The number of piperidine rings is 1. The number of likely N-dealkylation sites (tertiary alicyclic amines) is 1. The molecule has 0 spiro atoms. The van der Waals surface area contributed by atoms with Gasteiger partial charge < -0.3 is 9.84 Å². The van der Waals surface area contributed by atoms with Crippen molar-refractivity contribution in [2.24, 2.45) is 11.8 Å². The molecule has 0 atom stereocenters. The van der Waals surface area contributed by atoms with E-state index in [1.54, 1.807) is 0 Å². The molecule has 2 heterocycles. The molecule has 1 aromatic heterocycles. The molecule has 1 N–H and O–H groups in total. The maximum atomic E-state index is 12.8. The maximum Gasteiger partial charge on any atom is 0.391 e. The van der Waals surface area contributed by atoms with Crippen LogP contribution in [0.25, 0.3) is 10.9 Å². The zero-order valence-electron chi connectivity index (χ0n) is 17.3. The number of hydrogen-bond acceptors (Lipinski definition) is 4. The van der Waals surface area contributed by atoms with E-state index in [1.165, 1.54) is 0 Å². The second kappa shape index (κ2) is 9.02. The molecule has 1 saturated heterocycles. The van der Waals surface area contributed by atoms with Crippen molar-refractivity contribution in [3.63, 3.8) is 0 Å². The Morgan fingerprint density at radius 2 is 1.77 bits per heavy atom. The zero-order valence-corrected chi connectivity index (χ0v) is 17.3. The van der Waals surface area contributed by atoms with Crippen LogP contribution in [0.15, 0.2) is 30.3 Å². The van der Waals surface area contributed by atoms with Crippen LogP contribution in [-0.4, -0.2) is 46.3 Å². The van der Waals surface area contributed by atoms with Gasteiger partial charge in [0.1, 0.15) is 5.75 Å². The lowest BCUT2D eigenvalue weighted by atomic mass is 9.87. The molecule has 31 heavy (non-hydrogen) atoms. The molecule has 5 nitrogen and oxygen atoms in total. The van der Waals surface area contributed by atoms with Crippen molar-refractivity contribution < 1.29 is 27.8 Å². The van der Waals surface area contributed by atoms with Crippen LogP contribution in [0, 0.1) is 11.8 Å². The van der Waals surface area contributed by atoms with Gasteiger partial charge in [-0.3, -0.25) is 14.7 Å². The number of hydrogen-bond donors (Lipinski definition) is 1. The summed E-state index contributed by atoms with van der Waals surface area (Å²) in [6, 6.07) is 9.54. The summed E-state index contributed by atoms with van der Waals surface area (Å²) in [5, 5.41) is 10.0. The Labute approximate surface area is 179 Å². The average Bonchev–Trinajstić information content (AvgIpc) is 2.74. The quantitative estimate of drug-likeness (QED) is 0.712. The fraction of sp³-hybridized carbons (Fsp3) is 0.565. The Kier molecular flexibility index (Phi) is 6.36. The molecule has 1 aromatic carbocycles. The van der Waals surface area contributed by atoms with Crippen molar-refractivity contribution >= 4 is 16.9 Å². The second-order valence-corrected chi connectivity index (χ2v) is 8.68. The monoisotopic (exact) mass is 436 g/mol. The van der Waals surface area contributed by atoms with Gasteiger partial charge in [-0.1, -0.05) is 6.07 Å². The highest BCUT2D eigenvalue weighted by atomic mass is 19.4. The second-order valence-electron chi connectivity index (χ2n) is 8.68. The van der Waals surface area contributed by atoms with E-state index >= 15 is 0 Å². The number of aromatic nitrogens is 1. The van der Waals surface area contributed by atoms with Crippen molar-refractivity contribution in [3.8, 4) is 5.75 Å². The topological polar surface area (TPSA) is 62.7 Å². The van der Waals surface area contributed by atoms with Crippen LogP contribution in [0.4, 0.5) is 13.2 Å². The smallest absolute Gasteiger partial charge is 0.391 e. The summed E-state index contributed by atoms with van der Waals surface area (Å²) in [5.74, 6) is -1.51. The van der Waals surface area contributed by atoms with Gasteiger partial charge in [0.15, 0.2) is 0 Å². The largest absolute Gasteiger partial charge is 0.490 e. The Morgan fingerprint density at radius 3 is 2.42 bits per heavy atom. The SMILES string of the molecule is O=C(O)C1CCN(Cc2ccc3cc(OC4CCC(C(F)(F)F)CC4)ccc3n2)CC1. The van der Waals surface area contributed by atoms with Gasteiger partial charge >= 0.3 is 12.1 Å². The maximum absolute atomic E-state index is 12.8. The minimum atomic E-state index is -4.11. The molecule has 1 aliphatic carbocycles. The van der Waals surface area contributed by atoms with Crippen LogP contribution >= 0.6 is 0 Å². The van der Waals surface area contributed by atoms with Gasteiger partial charge in [0.25, 0.3) is 0 Å². The van der Waals surface area contributed by atoms with E-state index in [0.29, 0.717) is 38.0 Å². The fourth-order valence-corrected chi connectivity index (χ4v) is 4.57.